The number of methoxy groups -OCH3 is 1. The summed E-state index contributed by atoms with van der Waals surface area (Å²) < 4.78 is 10.8. The third-order valence-corrected chi connectivity index (χ3v) is 8.35. The maximum absolute atomic E-state index is 13.6. The minimum absolute atomic E-state index is 0.0360. The van der Waals surface area contributed by atoms with Crippen LogP contribution >= 0.6 is 11.8 Å². The summed E-state index contributed by atoms with van der Waals surface area (Å²) in [5, 5.41) is 20.2. The van der Waals surface area contributed by atoms with Crippen LogP contribution in [-0.2, 0) is 21.9 Å². The molecule has 1 N–H and O–H groups in total. The van der Waals surface area contributed by atoms with Crippen molar-refractivity contribution < 1.29 is 29.1 Å². The molecule has 0 radical (unpaired) electrons. The molecule has 2 aromatic rings. The van der Waals surface area contributed by atoms with E-state index in [0.717, 1.165) is 17.1 Å². The zero-order valence-electron chi connectivity index (χ0n) is 21.9. The lowest BCUT2D eigenvalue weighted by Crippen LogP contribution is -2.54. The average Bonchev–Trinajstić information content (AvgIpc) is 3.40. The van der Waals surface area contributed by atoms with E-state index < -0.39 is 17.1 Å². The maximum Gasteiger partial charge on any atom is 0.410 e. The van der Waals surface area contributed by atoms with Gasteiger partial charge in [-0.1, -0.05) is 12.1 Å². The van der Waals surface area contributed by atoms with E-state index in [1.807, 2.05) is 24.3 Å². The van der Waals surface area contributed by atoms with Gasteiger partial charge in [-0.15, -0.1) is 0 Å². The molecule has 2 aliphatic heterocycles. The molecule has 0 bridgehead atoms. The molecular weight excluding hydrogens is 524 g/mol. The van der Waals surface area contributed by atoms with Crippen molar-refractivity contribution in [1.82, 2.24) is 14.7 Å². The zero-order chi connectivity index (χ0) is 27.8. The second-order valence-electron chi connectivity index (χ2n) is 9.55. The third-order valence-electron chi connectivity index (χ3n) is 7.04. The lowest BCUT2D eigenvalue weighted by atomic mass is 10.1. The molecule has 2 heterocycles. The van der Waals surface area contributed by atoms with E-state index in [4.69, 9.17) is 9.47 Å². The van der Waals surface area contributed by atoms with Gasteiger partial charge in [-0.3, -0.25) is 24.7 Å². The summed E-state index contributed by atoms with van der Waals surface area (Å²) in [5.41, 5.74) is 1.72. The molecule has 11 nitrogen and oxygen atoms in total. The largest absolute Gasteiger partial charge is 0.497 e. The number of amides is 2. The van der Waals surface area contributed by atoms with Gasteiger partial charge in [0.2, 0.25) is 5.91 Å². The number of nitro groups is 1. The molecular formula is C27H34N4O7S. The first-order chi connectivity index (χ1) is 18.9. The Kier molecular flexibility index (Phi) is 10.0. The van der Waals surface area contributed by atoms with Crippen LogP contribution in [0.2, 0.25) is 0 Å². The van der Waals surface area contributed by atoms with Gasteiger partial charge in [0, 0.05) is 62.4 Å². The van der Waals surface area contributed by atoms with Gasteiger partial charge in [0.1, 0.15) is 18.4 Å². The number of non-ortho nitro benzene ring substituents is 1. The minimum atomic E-state index is -0.618. The number of aliphatic hydroxyl groups excluding tert-OH is 1. The first-order valence-electron chi connectivity index (χ1n) is 12.9. The van der Waals surface area contributed by atoms with Gasteiger partial charge in [-0.05, 0) is 41.8 Å². The lowest BCUT2D eigenvalue weighted by molar-refractivity contribution is -0.384. The van der Waals surface area contributed by atoms with Crippen LogP contribution in [0.25, 0.3) is 0 Å². The molecule has 2 fully saturated rings. The summed E-state index contributed by atoms with van der Waals surface area (Å²) in [6, 6.07) is 13.1. The monoisotopic (exact) mass is 558 g/mol. The Hall–Kier alpha value is -3.35. The van der Waals surface area contributed by atoms with Gasteiger partial charge in [-0.2, -0.15) is 11.8 Å². The van der Waals surface area contributed by atoms with Crippen LogP contribution in [0.15, 0.2) is 48.5 Å². The van der Waals surface area contributed by atoms with E-state index in [9.17, 15) is 24.8 Å². The number of hydrogen-bond acceptors (Lipinski definition) is 9. The van der Waals surface area contributed by atoms with Crippen molar-refractivity contribution in [3.8, 4) is 5.75 Å². The SMILES string of the molecule is COc1ccc(CSC2CC(C(=O)N3CCN(CCO)CC3)N(C(=O)OCc3ccc([N+](=O)[O-])cc3)C2)cc1. The van der Waals surface area contributed by atoms with E-state index in [0.29, 0.717) is 51.3 Å². The Balaban J connectivity index is 1.40. The molecule has 0 saturated carbocycles. The van der Waals surface area contributed by atoms with Crippen LogP contribution in [-0.4, -0.2) is 101 Å². The highest BCUT2D eigenvalue weighted by Crippen LogP contribution is 2.32. The summed E-state index contributed by atoms with van der Waals surface area (Å²) in [5.74, 6) is 1.44. The molecule has 2 aliphatic rings. The number of nitrogens with zero attached hydrogens (tertiary/aromatic N) is 4. The minimum Gasteiger partial charge on any atom is -0.497 e. The van der Waals surface area contributed by atoms with Crippen LogP contribution in [0.1, 0.15) is 17.5 Å². The smallest absolute Gasteiger partial charge is 0.410 e. The quantitative estimate of drug-likeness (QED) is 0.346. The van der Waals surface area contributed by atoms with Crippen LogP contribution < -0.4 is 4.74 Å². The van der Waals surface area contributed by atoms with Gasteiger partial charge in [0.25, 0.3) is 5.69 Å². The van der Waals surface area contributed by atoms with E-state index in [2.05, 4.69) is 4.90 Å². The van der Waals surface area contributed by atoms with E-state index in [-0.39, 0.29) is 30.1 Å². The highest BCUT2D eigenvalue weighted by atomic mass is 32.2. The number of carbonyl (C=O) groups excluding carboxylic acids is 2. The molecule has 210 valence electrons. The number of piperazine rings is 1. The molecule has 0 aromatic heterocycles. The second-order valence-corrected chi connectivity index (χ2v) is 10.8. The lowest BCUT2D eigenvalue weighted by Gasteiger charge is -2.36. The molecule has 12 heteroatoms. The number of aliphatic hydroxyl groups is 1. The Morgan fingerprint density at radius 3 is 2.33 bits per heavy atom. The highest BCUT2D eigenvalue weighted by Gasteiger charge is 2.42. The number of nitro benzene ring substituents is 1. The first-order valence-corrected chi connectivity index (χ1v) is 14.0. The summed E-state index contributed by atoms with van der Waals surface area (Å²) in [4.78, 5) is 42.6. The van der Waals surface area contributed by atoms with Gasteiger partial charge in [-0.25, -0.2) is 4.79 Å². The predicted molar refractivity (Wildman–Crippen MR) is 147 cm³/mol. The topological polar surface area (TPSA) is 126 Å². The zero-order valence-corrected chi connectivity index (χ0v) is 22.8. The highest BCUT2D eigenvalue weighted by molar-refractivity contribution is 7.99. The van der Waals surface area contributed by atoms with Crippen molar-refractivity contribution in [3.63, 3.8) is 0 Å². The van der Waals surface area contributed by atoms with Gasteiger partial charge >= 0.3 is 6.09 Å². The molecule has 2 amide bonds. The van der Waals surface area contributed by atoms with Crippen molar-refractivity contribution in [2.75, 3.05) is 53.0 Å². The van der Waals surface area contributed by atoms with Crippen LogP contribution in [0, 0.1) is 10.1 Å². The third kappa shape index (κ3) is 7.61. The van der Waals surface area contributed by atoms with Crippen LogP contribution in [0.4, 0.5) is 10.5 Å². The molecule has 2 saturated heterocycles. The number of thioether (sulfide) groups is 1. The molecule has 4 rings (SSSR count). The molecule has 0 spiro atoms. The number of likely N-dealkylation sites (tertiary alicyclic amines) is 1. The Morgan fingerprint density at radius 1 is 1.05 bits per heavy atom. The number of carbonyl (C=O) groups is 2. The fourth-order valence-corrected chi connectivity index (χ4v) is 5.98. The Labute approximate surface area is 231 Å². The second kappa shape index (κ2) is 13.6. The van der Waals surface area contributed by atoms with Crippen molar-refractivity contribution >= 4 is 29.4 Å². The van der Waals surface area contributed by atoms with Gasteiger partial charge < -0.3 is 19.5 Å². The summed E-state index contributed by atoms with van der Waals surface area (Å²) in [7, 11) is 1.63. The standard InChI is InChI=1S/C27H34N4O7S/c1-37-23-8-4-21(5-9-23)19-39-24-16-25(26(33)29-12-10-28(11-13-29)14-15-32)30(17-24)27(34)38-18-20-2-6-22(7-3-20)31(35)36/h2-9,24-25,32H,10-19H2,1H3. The predicted octanol–water partition coefficient (Wildman–Crippen LogP) is 2.75. The Bertz CT molecular complexity index is 1120. The van der Waals surface area contributed by atoms with Crippen molar-refractivity contribution in [2.45, 2.75) is 30.1 Å². The van der Waals surface area contributed by atoms with Crippen molar-refractivity contribution in [1.29, 1.82) is 0 Å². The number of rotatable bonds is 10. The molecule has 2 atom stereocenters. The van der Waals surface area contributed by atoms with Crippen LogP contribution in [0.5, 0.6) is 5.75 Å². The van der Waals surface area contributed by atoms with E-state index in [1.165, 1.54) is 17.0 Å². The maximum atomic E-state index is 13.6. The van der Waals surface area contributed by atoms with Crippen molar-refractivity contribution in [2.24, 2.45) is 0 Å². The summed E-state index contributed by atoms with van der Waals surface area (Å²) in [6.07, 6.45) is -0.0402. The summed E-state index contributed by atoms with van der Waals surface area (Å²) >= 11 is 1.70. The molecule has 2 unspecified atom stereocenters. The fraction of sp³-hybridized carbons (Fsp3) is 0.481. The Morgan fingerprint density at radius 2 is 1.72 bits per heavy atom. The van der Waals surface area contributed by atoms with Crippen molar-refractivity contribution in [3.05, 3.63) is 69.8 Å². The number of hydrogen-bond donors (Lipinski definition) is 1. The number of ether oxygens (including phenoxy) is 2. The molecule has 2 aromatic carbocycles. The van der Waals surface area contributed by atoms with Crippen LogP contribution in [0.3, 0.4) is 0 Å². The average molecular weight is 559 g/mol. The number of benzene rings is 2. The fourth-order valence-electron chi connectivity index (χ4n) is 4.78. The van der Waals surface area contributed by atoms with Gasteiger partial charge in [0.15, 0.2) is 0 Å². The first kappa shape index (κ1) is 28.7. The molecule has 39 heavy (non-hydrogen) atoms. The molecule has 0 aliphatic carbocycles. The normalized spacial score (nSPS) is 19.6. The number of β-amino-alcohol motifs (C(OH)–C–C–N with tert-alkyl or cyclic N) is 1. The van der Waals surface area contributed by atoms with Gasteiger partial charge in [0.05, 0.1) is 18.6 Å². The summed E-state index contributed by atoms with van der Waals surface area (Å²) in [6.45, 7) is 3.46. The van der Waals surface area contributed by atoms with E-state index >= 15 is 0 Å². The van der Waals surface area contributed by atoms with E-state index in [1.54, 1.807) is 35.9 Å².